The van der Waals surface area contributed by atoms with E-state index in [2.05, 4.69) is 33.0 Å². The monoisotopic (exact) mass is 248 g/mol. The van der Waals surface area contributed by atoms with Crippen molar-refractivity contribution >= 4 is 18.3 Å². The third-order valence-electron chi connectivity index (χ3n) is 3.33. The van der Waals surface area contributed by atoms with Gasteiger partial charge in [0.05, 0.1) is 5.92 Å². The second kappa shape index (κ2) is 7.13. The maximum atomic E-state index is 12.3. The van der Waals surface area contributed by atoms with E-state index in [1.807, 2.05) is 4.90 Å². The normalized spacial score (nSPS) is 25.1. The fraction of sp³-hybridized carbons (Fsp3) is 0.917. The number of piperidine rings is 1. The first-order chi connectivity index (χ1) is 7.07. The Labute approximate surface area is 105 Å². The van der Waals surface area contributed by atoms with Gasteiger partial charge >= 0.3 is 0 Å². The molecule has 1 amide bonds. The predicted octanol–water partition coefficient (Wildman–Crippen LogP) is 2.05. The molecule has 1 heterocycles. The Morgan fingerprint density at radius 1 is 1.50 bits per heavy atom. The molecule has 96 valence electrons. The minimum atomic E-state index is 0. The van der Waals surface area contributed by atoms with Crippen molar-refractivity contribution in [1.82, 2.24) is 10.2 Å². The second-order valence-corrected chi connectivity index (χ2v) is 4.71. The van der Waals surface area contributed by atoms with Gasteiger partial charge in [-0.25, -0.2) is 0 Å². The highest BCUT2D eigenvalue weighted by Crippen LogP contribution is 2.20. The molecule has 1 saturated heterocycles. The Morgan fingerprint density at radius 3 is 2.56 bits per heavy atom. The van der Waals surface area contributed by atoms with Crippen molar-refractivity contribution in [2.24, 2.45) is 5.92 Å². The molecule has 0 aromatic rings. The molecule has 0 radical (unpaired) electrons. The lowest BCUT2D eigenvalue weighted by Gasteiger charge is -2.35. The summed E-state index contributed by atoms with van der Waals surface area (Å²) in [5, 5.41) is 3.38. The Kier molecular flexibility index (Phi) is 7.00. The van der Waals surface area contributed by atoms with E-state index in [1.54, 1.807) is 0 Å². The summed E-state index contributed by atoms with van der Waals surface area (Å²) in [6, 6.07) is 0.649. The van der Waals surface area contributed by atoms with Crippen molar-refractivity contribution in [3.05, 3.63) is 0 Å². The van der Waals surface area contributed by atoms with Gasteiger partial charge in [-0.3, -0.25) is 4.79 Å². The van der Waals surface area contributed by atoms with Gasteiger partial charge in [0.2, 0.25) is 5.91 Å². The Morgan fingerprint density at radius 2 is 2.12 bits per heavy atom. The highest BCUT2D eigenvalue weighted by atomic mass is 35.5. The topological polar surface area (TPSA) is 32.3 Å². The summed E-state index contributed by atoms with van der Waals surface area (Å²) in [6.45, 7) is 10.2. The van der Waals surface area contributed by atoms with Gasteiger partial charge in [-0.1, -0.05) is 0 Å². The van der Waals surface area contributed by atoms with Crippen molar-refractivity contribution in [2.75, 3.05) is 13.1 Å². The van der Waals surface area contributed by atoms with Crippen LogP contribution in [-0.4, -0.2) is 36.0 Å². The van der Waals surface area contributed by atoms with E-state index in [1.165, 1.54) is 0 Å². The summed E-state index contributed by atoms with van der Waals surface area (Å²) in [5.74, 6) is 0.508. The van der Waals surface area contributed by atoms with Crippen LogP contribution in [0, 0.1) is 5.92 Å². The molecule has 16 heavy (non-hydrogen) atoms. The quantitative estimate of drug-likeness (QED) is 0.829. The van der Waals surface area contributed by atoms with Crippen LogP contribution in [0.25, 0.3) is 0 Å². The Balaban J connectivity index is 0.00000225. The Hall–Kier alpha value is -0.280. The van der Waals surface area contributed by atoms with Crippen molar-refractivity contribution in [3.63, 3.8) is 0 Å². The third kappa shape index (κ3) is 3.63. The van der Waals surface area contributed by atoms with Crippen molar-refractivity contribution < 1.29 is 4.79 Å². The molecule has 1 aliphatic rings. The molecule has 3 nitrogen and oxygen atoms in total. The smallest absolute Gasteiger partial charge is 0.227 e. The summed E-state index contributed by atoms with van der Waals surface area (Å²) in [4.78, 5) is 14.2. The number of nitrogens with zero attached hydrogens (tertiary/aromatic N) is 1. The highest BCUT2D eigenvalue weighted by molar-refractivity contribution is 5.85. The number of carbonyl (C=O) groups is 1. The van der Waals surface area contributed by atoms with Gasteiger partial charge < -0.3 is 10.2 Å². The second-order valence-electron chi connectivity index (χ2n) is 4.71. The fourth-order valence-corrected chi connectivity index (χ4v) is 2.37. The van der Waals surface area contributed by atoms with Crippen molar-refractivity contribution in [3.8, 4) is 0 Å². The average molecular weight is 249 g/mol. The van der Waals surface area contributed by atoms with Gasteiger partial charge in [-0.2, -0.15) is 0 Å². The van der Waals surface area contributed by atoms with E-state index in [0.717, 1.165) is 25.9 Å². The molecule has 1 rings (SSSR count). The van der Waals surface area contributed by atoms with Crippen LogP contribution < -0.4 is 5.32 Å². The molecule has 2 atom stereocenters. The number of rotatable bonds is 3. The molecule has 1 N–H and O–H groups in total. The van der Waals surface area contributed by atoms with E-state index >= 15 is 0 Å². The van der Waals surface area contributed by atoms with Crippen LogP contribution in [0.1, 0.15) is 40.5 Å². The Bertz CT molecular complexity index is 221. The molecule has 0 unspecified atom stereocenters. The maximum absolute atomic E-state index is 12.3. The summed E-state index contributed by atoms with van der Waals surface area (Å²) < 4.78 is 0. The van der Waals surface area contributed by atoms with Gasteiger partial charge in [-0.05, 0) is 47.1 Å². The van der Waals surface area contributed by atoms with Crippen LogP contribution in [0.2, 0.25) is 0 Å². The van der Waals surface area contributed by atoms with Crippen LogP contribution in [0.4, 0.5) is 0 Å². The number of carbonyl (C=O) groups excluding carboxylic acids is 1. The van der Waals surface area contributed by atoms with E-state index in [0.29, 0.717) is 18.0 Å². The van der Waals surface area contributed by atoms with Crippen LogP contribution in [0.3, 0.4) is 0 Å². The van der Waals surface area contributed by atoms with Crippen LogP contribution in [0.15, 0.2) is 0 Å². The number of hydrogen-bond acceptors (Lipinski definition) is 2. The standard InChI is InChI=1S/C12H24N2O.ClH/c1-5-14(9(2)3)12(15)11-7-6-8-13-10(11)4;/h9-11,13H,5-8H2,1-4H3;1H/t10-,11-;/m1./s1. The molecule has 1 aliphatic heterocycles. The van der Waals surface area contributed by atoms with E-state index < -0.39 is 0 Å². The molecular formula is C12H25ClN2O. The molecule has 0 saturated carbocycles. The van der Waals surface area contributed by atoms with Crippen molar-refractivity contribution in [2.45, 2.75) is 52.6 Å². The predicted molar refractivity (Wildman–Crippen MR) is 70.0 cm³/mol. The van der Waals surface area contributed by atoms with E-state index in [4.69, 9.17) is 0 Å². The van der Waals surface area contributed by atoms with Gasteiger partial charge in [0.15, 0.2) is 0 Å². The zero-order valence-electron chi connectivity index (χ0n) is 10.8. The SMILES string of the molecule is CCN(C(=O)[C@@H]1CCCN[C@@H]1C)C(C)C.Cl. The van der Waals surface area contributed by atoms with Crippen LogP contribution in [0.5, 0.6) is 0 Å². The third-order valence-corrected chi connectivity index (χ3v) is 3.33. The first-order valence-electron chi connectivity index (χ1n) is 6.11. The summed E-state index contributed by atoms with van der Waals surface area (Å²) in [6.07, 6.45) is 2.16. The molecule has 0 aliphatic carbocycles. The first kappa shape index (κ1) is 15.7. The molecule has 0 aromatic heterocycles. The molecule has 1 fully saturated rings. The number of hydrogen-bond donors (Lipinski definition) is 1. The zero-order valence-corrected chi connectivity index (χ0v) is 11.6. The van der Waals surface area contributed by atoms with Gasteiger partial charge in [0, 0.05) is 18.6 Å². The highest BCUT2D eigenvalue weighted by Gasteiger charge is 2.31. The first-order valence-corrected chi connectivity index (χ1v) is 6.11. The minimum Gasteiger partial charge on any atom is -0.340 e. The fourth-order valence-electron chi connectivity index (χ4n) is 2.37. The van der Waals surface area contributed by atoms with Crippen molar-refractivity contribution in [1.29, 1.82) is 0 Å². The lowest BCUT2D eigenvalue weighted by Crippen LogP contribution is -2.49. The molecule has 0 spiro atoms. The van der Waals surface area contributed by atoms with E-state index in [-0.39, 0.29) is 18.3 Å². The lowest BCUT2D eigenvalue weighted by atomic mass is 9.90. The average Bonchev–Trinajstić information content (AvgIpc) is 2.18. The van der Waals surface area contributed by atoms with E-state index in [9.17, 15) is 4.79 Å². The number of amides is 1. The van der Waals surface area contributed by atoms with Crippen LogP contribution >= 0.6 is 12.4 Å². The molecular weight excluding hydrogens is 224 g/mol. The molecule has 0 bridgehead atoms. The molecule has 4 heteroatoms. The summed E-state index contributed by atoms with van der Waals surface area (Å²) in [5.41, 5.74) is 0. The number of nitrogens with one attached hydrogen (secondary N) is 1. The van der Waals surface area contributed by atoms with Crippen LogP contribution in [-0.2, 0) is 4.79 Å². The minimum absolute atomic E-state index is 0. The molecule has 0 aromatic carbocycles. The zero-order chi connectivity index (χ0) is 11.4. The maximum Gasteiger partial charge on any atom is 0.227 e. The summed E-state index contributed by atoms with van der Waals surface area (Å²) >= 11 is 0. The largest absolute Gasteiger partial charge is 0.340 e. The number of halogens is 1. The van der Waals surface area contributed by atoms with Gasteiger partial charge in [0.1, 0.15) is 0 Å². The van der Waals surface area contributed by atoms with Gasteiger partial charge in [-0.15, -0.1) is 12.4 Å². The lowest BCUT2D eigenvalue weighted by molar-refractivity contribution is -0.138. The van der Waals surface area contributed by atoms with Gasteiger partial charge in [0.25, 0.3) is 0 Å². The summed E-state index contributed by atoms with van der Waals surface area (Å²) in [7, 11) is 0.